The van der Waals surface area contributed by atoms with Crippen molar-refractivity contribution in [2.45, 2.75) is 27.2 Å². The molecule has 172 valence electrons. The summed E-state index contributed by atoms with van der Waals surface area (Å²) >= 11 is 1.45. The molecule has 6 nitrogen and oxygen atoms in total. The molecule has 1 aromatic heterocycles. The summed E-state index contributed by atoms with van der Waals surface area (Å²) in [5.74, 6) is -0.446. The number of nitrogens with zero attached hydrogens (tertiary/aromatic N) is 2. The lowest BCUT2D eigenvalue weighted by Gasteiger charge is -2.33. The lowest BCUT2D eigenvalue weighted by atomic mass is 10.1. The van der Waals surface area contributed by atoms with E-state index in [2.05, 4.69) is 39.4 Å². The van der Waals surface area contributed by atoms with E-state index >= 15 is 0 Å². The van der Waals surface area contributed by atoms with Crippen LogP contribution in [0.25, 0.3) is 6.08 Å². The number of esters is 1. The van der Waals surface area contributed by atoms with E-state index in [4.69, 9.17) is 4.74 Å². The van der Waals surface area contributed by atoms with E-state index in [1.54, 1.807) is 6.92 Å². The summed E-state index contributed by atoms with van der Waals surface area (Å²) in [7, 11) is 0. The lowest BCUT2D eigenvalue weighted by molar-refractivity contribution is -0.117. The zero-order valence-corrected chi connectivity index (χ0v) is 20.0. The first-order valence-electron chi connectivity index (χ1n) is 11.3. The predicted octanol–water partition coefficient (Wildman–Crippen LogP) is 4.07. The van der Waals surface area contributed by atoms with Crippen LogP contribution in [0.1, 0.15) is 40.2 Å². The molecule has 0 atom stereocenters. The van der Waals surface area contributed by atoms with Gasteiger partial charge in [-0.1, -0.05) is 49.4 Å². The number of piperazine rings is 1. The zero-order valence-electron chi connectivity index (χ0n) is 19.2. The average Bonchev–Trinajstić information content (AvgIpc) is 3.10. The van der Waals surface area contributed by atoms with Gasteiger partial charge in [0, 0.05) is 37.6 Å². The van der Waals surface area contributed by atoms with E-state index < -0.39 is 0 Å². The molecule has 7 heteroatoms. The van der Waals surface area contributed by atoms with E-state index in [1.165, 1.54) is 16.9 Å². The molecule has 2 aromatic rings. The summed E-state index contributed by atoms with van der Waals surface area (Å²) in [5, 5.41) is 3.57. The normalized spacial score (nSPS) is 15.2. The minimum atomic E-state index is -0.360. The van der Waals surface area contributed by atoms with Gasteiger partial charge in [-0.2, -0.15) is 0 Å². The summed E-state index contributed by atoms with van der Waals surface area (Å²) in [4.78, 5) is 30.8. The minimum Gasteiger partial charge on any atom is -0.462 e. The molecule has 1 aromatic carbocycles. The van der Waals surface area contributed by atoms with Crippen molar-refractivity contribution in [2.75, 3.05) is 51.2 Å². The Balaban J connectivity index is 1.49. The first-order chi connectivity index (χ1) is 15.5. The van der Waals surface area contributed by atoms with Gasteiger partial charge in [-0.05, 0) is 31.4 Å². The number of aryl methyl sites for hydroxylation is 1. The lowest BCUT2D eigenvalue weighted by Crippen LogP contribution is -2.48. The summed E-state index contributed by atoms with van der Waals surface area (Å²) in [6, 6.07) is 10.3. The van der Waals surface area contributed by atoms with E-state index in [1.807, 2.05) is 32.0 Å². The van der Waals surface area contributed by atoms with Crippen molar-refractivity contribution in [1.29, 1.82) is 0 Å². The van der Waals surface area contributed by atoms with Crippen molar-refractivity contribution >= 4 is 34.3 Å². The van der Waals surface area contributed by atoms with Crippen LogP contribution in [0.4, 0.5) is 5.00 Å². The Morgan fingerprint density at radius 1 is 1.09 bits per heavy atom. The number of anilines is 1. The Bertz CT molecular complexity index is 931. The van der Waals surface area contributed by atoms with Gasteiger partial charge in [0.15, 0.2) is 0 Å². The SMILES string of the molecule is CCOC(=O)c1c(NC(=O)CN2CCN(C/C=C/c3ccccc3)CC2)sc(C)c1CC. The maximum atomic E-state index is 12.7. The van der Waals surface area contributed by atoms with Crippen LogP contribution in [0.2, 0.25) is 0 Å². The van der Waals surface area contributed by atoms with Crippen LogP contribution in [0, 0.1) is 6.92 Å². The van der Waals surface area contributed by atoms with Gasteiger partial charge < -0.3 is 10.1 Å². The highest BCUT2D eigenvalue weighted by Crippen LogP contribution is 2.34. The third-order valence-electron chi connectivity index (χ3n) is 5.60. The zero-order chi connectivity index (χ0) is 22.9. The number of hydrogen-bond donors (Lipinski definition) is 1. The molecule has 2 heterocycles. The Labute approximate surface area is 194 Å². The molecule has 0 unspecified atom stereocenters. The van der Waals surface area contributed by atoms with Gasteiger partial charge in [-0.15, -0.1) is 11.3 Å². The molecule has 1 aliphatic heterocycles. The number of ether oxygens (including phenoxy) is 1. The summed E-state index contributed by atoms with van der Waals surface area (Å²) in [6.07, 6.45) is 5.07. The maximum absolute atomic E-state index is 12.7. The second-order valence-corrected chi connectivity index (χ2v) is 9.08. The van der Waals surface area contributed by atoms with E-state index in [-0.39, 0.29) is 11.9 Å². The molecular formula is C25H33N3O3S. The largest absolute Gasteiger partial charge is 0.462 e. The summed E-state index contributed by atoms with van der Waals surface area (Å²) < 4.78 is 5.22. The highest BCUT2D eigenvalue weighted by molar-refractivity contribution is 7.16. The number of benzene rings is 1. The minimum absolute atomic E-state index is 0.0862. The molecule has 0 saturated carbocycles. The smallest absolute Gasteiger partial charge is 0.341 e. The van der Waals surface area contributed by atoms with Crippen LogP contribution in [-0.2, 0) is 16.0 Å². The molecule has 0 aliphatic carbocycles. The monoisotopic (exact) mass is 455 g/mol. The number of nitrogens with one attached hydrogen (secondary N) is 1. The van der Waals surface area contributed by atoms with Gasteiger partial charge in [0.25, 0.3) is 0 Å². The first kappa shape index (κ1) is 24.2. The molecule has 0 radical (unpaired) electrons. The topological polar surface area (TPSA) is 61.9 Å². The highest BCUT2D eigenvalue weighted by atomic mass is 32.1. The predicted molar refractivity (Wildman–Crippen MR) is 131 cm³/mol. The fourth-order valence-corrected chi connectivity index (χ4v) is 5.06. The van der Waals surface area contributed by atoms with Crippen LogP contribution in [0.5, 0.6) is 0 Å². The number of carbonyl (C=O) groups excluding carboxylic acids is 2. The third kappa shape index (κ3) is 6.51. The Hall–Kier alpha value is -2.48. The molecule has 32 heavy (non-hydrogen) atoms. The molecule has 1 fully saturated rings. The van der Waals surface area contributed by atoms with Gasteiger partial charge in [0.1, 0.15) is 5.00 Å². The van der Waals surface area contributed by atoms with Gasteiger partial charge in [-0.25, -0.2) is 4.79 Å². The van der Waals surface area contributed by atoms with Crippen LogP contribution in [0.15, 0.2) is 36.4 Å². The maximum Gasteiger partial charge on any atom is 0.341 e. The van der Waals surface area contributed by atoms with Gasteiger partial charge >= 0.3 is 5.97 Å². The van der Waals surface area contributed by atoms with Crippen LogP contribution >= 0.6 is 11.3 Å². The second kappa shape index (κ2) is 11.9. The Kier molecular flexibility index (Phi) is 9.02. The van der Waals surface area contributed by atoms with Crippen molar-refractivity contribution < 1.29 is 14.3 Å². The third-order valence-corrected chi connectivity index (χ3v) is 6.66. The standard InChI is InChI=1S/C25H33N3O3S/c1-4-21-19(3)32-24(23(21)25(30)31-5-2)26-22(29)18-28-16-14-27(15-17-28)13-9-12-20-10-7-6-8-11-20/h6-12H,4-5,13-18H2,1-3H3,(H,26,29)/b12-9+. The number of carbonyl (C=O) groups is 2. The van der Waals surface area contributed by atoms with E-state index in [0.29, 0.717) is 23.7 Å². The van der Waals surface area contributed by atoms with Crippen molar-refractivity contribution in [2.24, 2.45) is 0 Å². The molecule has 3 rings (SSSR count). The van der Waals surface area contributed by atoms with E-state index in [9.17, 15) is 9.59 Å². The average molecular weight is 456 g/mol. The van der Waals surface area contributed by atoms with Crippen molar-refractivity contribution in [3.8, 4) is 0 Å². The van der Waals surface area contributed by atoms with E-state index in [0.717, 1.165) is 49.6 Å². The van der Waals surface area contributed by atoms with Crippen molar-refractivity contribution in [3.63, 3.8) is 0 Å². The van der Waals surface area contributed by atoms with Crippen molar-refractivity contribution in [1.82, 2.24) is 9.80 Å². The van der Waals surface area contributed by atoms with Crippen LogP contribution in [-0.4, -0.2) is 67.6 Å². The number of rotatable bonds is 9. The van der Waals surface area contributed by atoms with Crippen LogP contribution in [0.3, 0.4) is 0 Å². The quantitative estimate of drug-likeness (QED) is 0.578. The molecule has 0 spiro atoms. The molecule has 1 amide bonds. The number of amides is 1. The van der Waals surface area contributed by atoms with Gasteiger partial charge in [-0.3, -0.25) is 14.6 Å². The summed E-state index contributed by atoms with van der Waals surface area (Å²) in [5.41, 5.74) is 2.68. The fraction of sp³-hybridized carbons (Fsp3) is 0.440. The Morgan fingerprint density at radius 2 is 1.78 bits per heavy atom. The highest BCUT2D eigenvalue weighted by Gasteiger charge is 2.24. The number of thiophene rings is 1. The van der Waals surface area contributed by atoms with Gasteiger partial charge in [0.2, 0.25) is 5.91 Å². The molecule has 1 aliphatic rings. The fourth-order valence-electron chi connectivity index (χ4n) is 3.91. The Morgan fingerprint density at radius 3 is 2.44 bits per heavy atom. The molecular weight excluding hydrogens is 422 g/mol. The van der Waals surface area contributed by atoms with Crippen molar-refractivity contribution in [3.05, 3.63) is 58.0 Å². The molecule has 1 saturated heterocycles. The van der Waals surface area contributed by atoms with Gasteiger partial charge in [0.05, 0.1) is 18.7 Å². The second-order valence-electron chi connectivity index (χ2n) is 7.85. The first-order valence-corrected chi connectivity index (χ1v) is 12.1. The van der Waals surface area contributed by atoms with Crippen LogP contribution < -0.4 is 5.32 Å². The number of hydrogen-bond acceptors (Lipinski definition) is 6. The summed E-state index contributed by atoms with van der Waals surface area (Å²) in [6.45, 7) is 10.9. The molecule has 1 N–H and O–H groups in total. The molecule has 0 bridgehead atoms.